The number of aromatic nitrogens is 3. The first-order valence-corrected chi connectivity index (χ1v) is 20.8. The first kappa shape index (κ1) is 41.4. The van der Waals surface area contributed by atoms with E-state index in [9.17, 15) is 63.1 Å². The van der Waals surface area contributed by atoms with E-state index < -0.39 is 124 Å². The van der Waals surface area contributed by atoms with E-state index in [1.165, 1.54) is 12.1 Å². The third kappa shape index (κ3) is 9.92. The highest BCUT2D eigenvalue weighted by molar-refractivity contribution is 7.91. The summed E-state index contributed by atoms with van der Waals surface area (Å²) in [7, 11) is -19.3. The predicted octanol–water partition coefficient (Wildman–Crippen LogP) is 3.99. The SMILES string of the molecule is O=[N+]([O-])c1ccc(O)c(/N=N/c2c(S(=O)(=O)O)cc3cc(S(=O)(=O)O)cc(Nc4nc(Cl)nc(Nc5ccc(S(=O)(=O)CCOS(=O)(=O)O)cc5)n4)c3c2O)c1. The number of nitrogens with zero attached hydrogens (tertiary/aromatic N) is 6. The van der Waals surface area contributed by atoms with Crippen LogP contribution in [0.4, 0.5) is 40.3 Å². The number of hydrogen-bond acceptors (Lipinski definition) is 20. The molecule has 0 bridgehead atoms. The number of hydrogen-bond donors (Lipinski definition) is 7. The van der Waals surface area contributed by atoms with Crippen LogP contribution in [0, 0.1) is 10.1 Å². The molecule has 0 atom stereocenters. The molecule has 5 aromatic rings. The Morgan fingerprint density at radius 3 is 2.02 bits per heavy atom. The van der Waals surface area contributed by atoms with Gasteiger partial charge in [-0.2, -0.15) is 40.2 Å². The Kier molecular flexibility index (Phi) is 11.4. The van der Waals surface area contributed by atoms with Crippen LogP contribution >= 0.6 is 11.6 Å². The minimum absolute atomic E-state index is 0.158. The zero-order chi connectivity index (χ0) is 41.4. The van der Waals surface area contributed by atoms with E-state index in [0.717, 1.165) is 42.5 Å². The first-order valence-electron chi connectivity index (χ1n) is 14.5. The topological polar surface area (TPSA) is 378 Å². The van der Waals surface area contributed by atoms with Gasteiger partial charge in [0, 0.05) is 23.2 Å². The molecule has 0 radical (unpaired) electrons. The van der Waals surface area contributed by atoms with Crippen LogP contribution in [0.5, 0.6) is 11.5 Å². The Balaban J connectivity index is 1.56. The second kappa shape index (κ2) is 15.4. The largest absolute Gasteiger partial charge is 0.506 e. The summed E-state index contributed by atoms with van der Waals surface area (Å²) in [5.74, 6) is -3.37. The van der Waals surface area contributed by atoms with Gasteiger partial charge in [0.05, 0.1) is 32.8 Å². The molecule has 0 fully saturated rings. The Morgan fingerprint density at radius 1 is 0.786 bits per heavy atom. The van der Waals surface area contributed by atoms with Gasteiger partial charge in [0.1, 0.15) is 22.0 Å². The molecule has 296 valence electrons. The number of rotatable bonds is 14. The lowest BCUT2D eigenvalue weighted by molar-refractivity contribution is -0.384. The van der Waals surface area contributed by atoms with Gasteiger partial charge in [-0.15, -0.1) is 10.2 Å². The molecule has 4 aromatic carbocycles. The van der Waals surface area contributed by atoms with E-state index >= 15 is 0 Å². The van der Waals surface area contributed by atoms with Gasteiger partial charge in [-0.3, -0.25) is 23.8 Å². The number of phenolic OH excluding ortho intramolecular Hbond substituents is 2. The number of benzene rings is 4. The van der Waals surface area contributed by atoms with E-state index in [2.05, 4.69) is 40.0 Å². The van der Waals surface area contributed by atoms with Crippen LogP contribution in [-0.4, -0.2) is 89.8 Å². The van der Waals surface area contributed by atoms with E-state index in [1.807, 2.05) is 0 Å². The van der Waals surface area contributed by atoms with Crippen LogP contribution in [0.25, 0.3) is 10.8 Å². The zero-order valence-corrected chi connectivity index (χ0v) is 31.1. The van der Waals surface area contributed by atoms with Gasteiger partial charge < -0.3 is 20.8 Å². The fourth-order valence-corrected chi connectivity index (χ4v) is 7.48. The lowest BCUT2D eigenvalue weighted by Crippen LogP contribution is -2.15. The molecule has 1 aromatic heterocycles. The van der Waals surface area contributed by atoms with Gasteiger partial charge in [-0.05, 0) is 65.5 Å². The molecule has 1 heterocycles. The monoisotopic (exact) mass is 876 g/mol. The maximum atomic E-state index is 12.5. The molecular weight excluding hydrogens is 856 g/mol. The molecule has 0 saturated carbocycles. The van der Waals surface area contributed by atoms with Gasteiger partial charge in [0.15, 0.2) is 15.6 Å². The summed E-state index contributed by atoms with van der Waals surface area (Å²) in [5.41, 5.74) is -2.44. The summed E-state index contributed by atoms with van der Waals surface area (Å²) in [6.07, 6.45) is 0. The fourth-order valence-electron chi connectivity index (χ4n) is 4.63. The highest BCUT2D eigenvalue weighted by atomic mass is 35.5. The maximum Gasteiger partial charge on any atom is 0.397 e. The van der Waals surface area contributed by atoms with Crippen molar-refractivity contribution in [2.45, 2.75) is 14.7 Å². The highest BCUT2D eigenvalue weighted by Crippen LogP contribution is 2.46. The van der Waals surface area contributed by atoms with E-state index in [4.69, 9.17) is 16.2 Å². The second-order valence-electron chi connectivity index (χ2n) is 10.8. The average molecular weight is 877 g/mol. The number of nitrogens with one attached hydrogen (secondary N) is 2. The number of fused-ring (bicyclic) bond motifs is 1. The van der Waals surface area contributed by atoms with Crippen LogP contribution in [0.2, 0.25) is 5.28 Å². The van der Waals surface area contributed by atoms with Gasteiger partial charge in [-0.25, -0.2) is 12.6 Å². The summed E-state index contributed by atoms with van der Waals surface area (Å²) in [6, 6.07) is 9.42. The summed E-state index contributed by atoms with van der Waals surface area (Å²) < 4.78 is 128. The predicted molar refractivity (Wildman–Crippen MR) is 192 cm³/mol. The number of nitro benzene ring substituents is 1. The Morgan fingerprint density at radius 2 is 1.43 bits per heavy atom. The number of phenols is 2. The molecule has 0 aliphatic rings. The van der Waals surface area contributed by atoms with Crippen molar-refractivity contribution in [2.24, 2.45) is 10.2 Å². The van der Waals surface area contributed by atoms with E-state index in [-0.39, 0.29) is 16.5 Å². The van der Waals surface area contributed by atoms with Crippen molar-refractivity contribution in [2.75, 3.05) is 23.0 Å². The number of sulfone groups is 1. The molecule has 24 nitrogen and oxygen atoms in total. The minimum Gasteiger partial charge on any atom is -0.506 e. The summed E-state index contributed by atoms with van der Waals surface area (Å²) in [5, 5.41) is 43.7. The standard InChI is InChI=1S/C27H21ClN8O16S4/c28-25-31-26(29-14-1-4-16(5-2-14)53(41,42)8-7-52-56(49,50)51)33-27(32-25)30-19-12-17(54(43,44)45)9-13-10-21(55(46,47)48)23(24(38)22(13)19)35-34-18-11-15(36(39)40)3-6-20(18)37/h1-6,9-12,37-38H,7-8H2,(H,43,44,45)(H,46,47,48)(H,49,50,51)(H2,29,30,31,32,33)/b35-34+. The van der Waals surface area contributed by atoms with E-state index in [0.29, 0.717) is 6.07 Å². The lowest BCUT2D eigenvalue weighted by atomic mass is 10.1. The lowest BCUT2D eigenvalue weighted by Gasteiger charge is -2.15. The normalized spacial score (nSPS) is 12.6. The molecule has 56 heavy (non-hydrogen) atoms. The van der Waals surface area contributed by atoms with Crippen molar-refractivity contribution in [1.82, 2.24) is 15.0 Å². The molecule has 0 spiro atoms. The molecule has 0 saturated heterocycles. The quantitative estimate of drug-likeness (QED) is 0.0359. The van der Waals surface area contributed by atoms with E-state index in [1.54, 1.807) is 0 Å². The van der Waals surface area contributed by atoms with Crippen molar-refractivity contribution < 1.29 is 66.6 Å². The number of halogens is 1. The van der Waals surface area contributed by atoms with Crippen molar-refractivity contribution in [1.29, 1.82) is 0 Å². The number of nitro groups is 1. The average Bonchev–Trinajstić information content (AvgIpc) is 3.06. The minimum atomic E-state index is -5.31. The van der Waals surface area contributed by atoms with Crippen LogP contribution in [0.15, 0.2) is 85.6 Å². The van der Waals surface area contributed by atoms with Crippen molar-refractivity contribution in [3.05, 3.63) is 76.1 Å². The van der Waals surface area contributed by atoms with Crippen LogP contribution in [0.1, 0.15) is 0 Å². The van der Waals surface area contributed by atoms with Crippen molar-refractivity contribution in [3.63, 3.8) is 0 Å². The molecule has 7 N–H and O–H groups in total. The molecule has 5 rings (SSSR count). The van der Waals surface area contributed by atoms with Crippen molar-refractivity contribution in [3.8, 4) is 11.5 Å². The number of anilines is 4. The van der Waals surface area contributed by atoms with Gasteiger partial charge in [0.25, 0.3) is 25.9 Å². The summed E-state index contributed by atoms with van der Waals surface area (Å²) in [4.78, 5) is 19.9. The third-order valence-corrected chi connectivity index (χ3v) is 11.1. The second-order valence-corrected chi connectivity index (χ2v) is 17.2. The number of aromatic hydroxyl groups is 2. The number of azo groups is 1. The molecule has 0 aliphatic carbocycles. The molecule has 0 unspecified atom stereocenters. The maximum absolute atomic E-state index is 12.5. The van der Waals surface area contributed by atoms with Gasteiger partial charge in [0.2, 0.25) is 17.2 Å². The molecule has 0 aliphatic heterocycles. The Hall–Kier alpha value is -5.72. The van der Waals surface area contributed by atoms with Crippen molar-refractivity contribution >= 4 is 103 Å². The molecule has 29 heteroatoms. The fraction of sp³-hybridized carbons (Fsp3) is 0.0741. The first-order chi connectivity index (χ1) is 25.9. The summed E-state index contributed by atoms with van der Waals surface area (Å²) >= 11 is 6.08. The van der Waals surface area contributed by atoms with Gasteiger partial charge in [-0.1, -0.05) is 0 Å². The van der Waals surface area contributed by atoms with Crippen LogP contribution in [0.3, 0.4) is 0 Å². The Labute approximate surface area is 319 Å². The Bertz CT molecular complexity index is 2900. The van der Waals surface area contributed by atoms with Crippen LogP contribution in [-0.2, 0) is 44.7 Å². The third-order valence-electron chi connectivity index (χ3n) is 7.04. The molecular formula is C27H21ClN8O16S4. The molecule has 0 amide bonds. The van der Waals surface area contributed by atoms with Crippen LogP contribution < -0.4 is 10.6 Å². The summed E-state index contributed by atoms with van der Waals surface area (Å²) in [6.45, 7) is -0.862. The smallest absolute Gasteiger partial charge is 0.397 e. The van der Waals surface area contributed by atoms with Gasteiger partial charge >= 0.3 is 10.4 Å². The number of non-ortho nitro benzene ring substituents is 1. The highest BCUT2D eigenvalue weighted by Gasteiger charge is 2.26. The zero-order valence-electron chi connectivity index (χ0n) is 27.1.